The van der Waals surface area contributed by atoms with Crippen LogP contribution in [-0.4, -0.2) is 25.5 Å². The molecule has 0 spiro atoms. The Morgan fingerprint density at radius 3 is 2.83 bits per heavy atom. The number of nitrogens with zero attached hydrogens (tertiary/aromatic N) is 4. The summed E-state index contributed by atoms with van der Waals surface area (Å²) in [5.41, 5.74) is 3.26. The lowest BCUT2D eigenvalue weighted by Gasteiger charge is -2.37. The Hall–Kier alpha value is -3.54. The number of rotatable bonds is 4. The molecule has 1 unspecified atom stereocenters. The summed E-state index contributed by atoms with van der Waals surface area (Å²) in [7, 11) is 0. The number of hydrogen-bond donors (Lipinski definition) is 1. The zero-order valence-electron chi connectivity index (χ0n) is 17.0. The van der Waals surface area contributed by atoms with E-state index in [1.807, 2.05) is 53.2 Å². The third-order valence-electron chi connectivity index (χ3n) is 5.73. The molecule has 1 aliphatic rings. The van der Waals surface area contributed by atoms with Gasteiger partial charge in [0.2, 0.25) is 0 Å². The molecule has 1 atom stereocenters. The molecule has 30 heavy (non-hydrogen) atoms. The summed E-state index contributed by atoms with van der Waals surface area (Å²) in [6, 6.07) is 15.8. The first kappa shape index (κ1) is 18.5. The summed E-state index contributed by atoms with van der Waals surface area (Å²) in [6.45, 7) is 4.29. The average Bonchev–Trinajstić information content (AvgIpc) is 3.19. The minimum Gasteiger partial charge on any atom is -0.361 e. The molecule has 6 nitrogen and oxygen atoms in total. The van der Waals surface area contributed by atoms with Gasteiger partial charge in [0.15, 0.2) is 5.78 Å². The van der Waals surface area contributed by atoms with Crippen molar-refractivity contribution >= 4 is 22.5 Å². The van der Waals surface area contributed by atoms with Gasteiger partial charge in [-0.2, -0.15) is 5.10 Å². The second kappa shape index (κ2) is 7.06. The number of carbonyl (C=O) groups is 1. The first-order chi connectivity index (χ1) is 14.5. The predicted octanol–water partition coefficient (Wildman–Crippen LogP) is 4.54. The van der Waals surface area contributed by atoms with Crippen molar-refractivity contribution in [1.82, 2.24) is 19.7 Å². The van der Waals surface area contributed by atoms with E-state index in [2.05, 4.69) is 34.2 Å². The number of ketones is 1. The minimum atomic E-state index is -0.226. The van der Waals surface area contributed by atoms with E-state index >= 15 is 0 Å². The molecule has 150 valence electrons. The normalized spacial score (nSPS) is 17.3. The fourth-order valence-electron chi connectivity index (χ4n) is 4.23. The molecule has 0 saturated carbocycles. The Morgan fingerprint density at radius 1 is 1.13 bits per heavy atom. The van der Waals surface area contributed by atoms with Crippen LogP contribution in [0.4, 0.5) is 5.82 Å². The zero-order valence-corrected chi connectivity index (χ0v) is 17.0. The fraction of sp³-hybridized carbons (Fsp3) is 0.250. The van der Waals surface area contributed by atoms with E-state index in [0.717, 1.165) is 34.4 Å². The van der Waals surface area contributed by atoms with E-state index in [4.69, 9.17) is 0 Å². The zero-order chi connectivity index (χ0) is 20.7. The number of anilines is 1. The molecule has 0 bridgehead atoms. The lowest BCUT2D eigenvalue weighted by atomic mass is 9.90. The molecule has 0 amide bonds. The molecular formula is C24H23N5O. The van der Waals surface area contributed by atoms with Crippen molar-refractivity contribution in [3.8, 4) is 0 Å². The van der Waals surface area contributed by atoms with E-state index < -0.39 is 0 Å². The van der Waals surface area contributed by atoms with Crippen LogP contribution in [-0.2, 0) is 12.0 Å². The van der Waals surface area contributed by atoms with Crippen LogP contribution in [0.5, 0.6) is 0 Å². The van der Waals surface area contributed by atoms with E-state index in [1.165, 1.54) is 0 Å². The van der Waals surface area contributed by atoms with Crippen LogP contribution in [0.3, 0.4) is 0 Å². The molecule has 0 radical (unpaired) electrons. The van der Waals surface area contributed by atoms with Crippen LogP contribution >= 0.6 is 0 Å². The molecule has 5 rings (SSSR count). The molecule has 1 aliphatic heterocycles. The Balaban J connectivity index is 1.46. The Bertz CT molecular complexity index is 1230. The number of carbonyl (C=O) groups excluding carboxylic acids is 1. The lowest BCUT2D eigenvalue weighted by Crippen LogP contribution is -2.38. The minimum absolute atomic E-state index is 0.0312. The molecular weight excluding hydrogens is 374 g/mol. The van der Waals surface area contributed by atoms with Crippen molar-refractivity contribution in [3.05, 3.63) is 83.9 Å². The number of Topliss-reactive ketones (excluding diaryl/α,β-unsaturated/α-hetero) is 1. The van der Waals surface area contributed by atoms with Crippen LogP contribution in [0.25, 0.3) is 10.9 Å². The van der Waals surface area contributed by atoms with Crippen LogP contribution in [0.15, 0.2) is 67.1 Å². The molecule has 3 aromatic heterocycles. The molecule has 4 aromatic rings. The van der Waals surface area contributed by atoms with Gasteiger partial charge in [-0.25, -0.2) is 4.68 Å². The number of benzene rings is 1. The molecule has 4 heterocycles. The highest BCUT2D eigenvalue weighted by molar-refractivity contribution is 6.02. The first-order valence-corrected chi connectivity index (χ1v) is 10.1. The lowest BCUT2D eigenvalue weighted by molar-refractivity contribution is 0.0993. The van der Waals surface area contributed by atoms with Crippen molar-refractivity contribution in [2.75, 3.05) is 5.32 Å². The largest absolute Gasteiger partial charge is 0.361 e. The van der Waals surface area contributed by atoms with Gasteiger partial charge in [0, 0.05) is 24.2 Å². The highest BCUT2D eigenvalue weighted by atomic mass is 16.1. The third kappa shape index (κ3) is 3.24. The number of hydrogen-bond acceptors (Lipinski definition) is 5. The van der Waals surface area contributed by atoms with Crippen molar-refractivity contribution in [2.24, 2.45) is 0 Å². The maximum absolute atomic E-state index is 13.2. The topological polar surface area (TPSA) is 72.7 Å². The van der Waals surface area contributed by atoms with Crippen LogP contribution in [0.1, 0.15) is 47.9 Å². The van der Waals surface area contributed by atoms with E-state index in [0.29, 0.717) is 12.0 Å². The SMILES string of the molecule is CC1(C)CC(c2ccccn2)Nc2c(C(=O)Cc3ccc4ncccc4c3)cnn21. The Kier molecular flexibility index (Phi) is 4.35. The summed E-state index contributed by atoms with van der Waals surface area (Å²) in [5, 5.41) is 9.11. The van der Waals surface area contributed by atoms with Gasteiger partial charge in [-0.15, -0.1) is 0 Å². The standard InChI is InChI=1S/C24H23N5O/c1-24(2)14-21(20-7-3-4-10-26-20)28-23-18(15-27-29(23)24)22(30)13-16-8-9-19-17(12-16)6-5-11-25-19/h3-12,15,21,28H,13-14H2,1-2H3. The number of fused-ring (bicyclic) bond motifs is 2. The summed E-state index contributed by atoms with van der Waals surface area (Å²) >= 11 is 0. The number of aromatic nitrogens is 4. The van der Waals surface area contributed by atoms with Gasteiger partial charge in [-0.3, -0.25) is 14.8 Å². The average molecular weight is 397 g/mol. The fourth-order valence-corrected chi connectivity index (χ4v) is 4.23. The second-order valence-electron chi connectivity index (χ2n) is 8.42. The van der Waals surface area contributed by atoms with Gasteiger partial charge >= 0.3 is 0 Å². The van der Waals surface area contributed by atoms with Gasteiger partial charge in [0.1, 0.15) is 5.82 Å². The number of pyridine rings is 2. The Labute approximate surface area is 175 Å². The van der Waals surface area contributed by atoms with E-state index in [1.54, 1.807) is 18.6 Å². The monoisotopic (exact) mass is 397 g/mol. The van der Waals surface area contributed by atoms with Gasteiger partial charge in [-0.05, 0) is 56.2 Å². The summed E-state index contributed by atoms with van der Waals surface area (Å²) in [5.74, 6) is 0.818. The molecule has 0 saturated heterocycles. The maximum Gasteiger partial charge on any atom is 0.172 e. The molecule has 1 aromatic carbocycles. The Morgan fingerprint density at radius 2 is 2.00 bits per heavy atom. The van der Waals surface area contributed by atoms with Crippen LogP contribution in [0, 0.1) is 0 Å². The van der Waals surface area contributed by atoms with E-state index in [-0.39, 0.29) is 17.4 Å². The van der Waals surface area contributed by atoms with Crippen molar-refractivity contribution < 1.29 is 4.79 Å². The molecule has 1 N–H and O–H groups in total. The predicted molar refractivity (Wildman–Crippen MR) is 117 cm³/mol. The van der Waals surface area contributed by atoms with Crippen LogP contribution < -0.4 is 5.32 Å². The molecule has 0 aliphatic carbocycles. The van der Waals surface area contributed by atoms with E-state index in [9.17, 15) is 4.79 Å². The summed E-state index contributed by atoms with van der Waals surface area (Å²) < 4.78 is 1.93. The molecule has 0 fully saturated rings. The van der Waals surface area contributed by atoms with Crippen molar-refractivity contribution in [2.45, 2.75) is 38.3 Å². The van der Waals surface area contributed by atoms with Gasteiger partial charge in [-0.1, -0.05) is 18.2 Å². The quantitative estimate of drug-likeness (QED) is 0.512. The maximum atomic E-state index is 13.2. The highest BCUT2D eigenvalue weighted by Crippen LogP contribution is 2.39. The van der Waals surface area contributed by atoms with Gasteiger partial charge in [0.25, 0.3) is 0 Å². The van der Waals surface area contributed by atoms with Gasteiger partial charge in [0.05, 0.1) is 34.6 Å². The van der Waals surface area contributed by atoms with Crippen molar-refractivity contribution in [1.29, 1.82) is 0 Å². The third-order valence-corrected chi connectivity index (χ3v) is 5.73. The van der Waals surface area contributed by atoms with Gasteiger partial charge < -0.3 is 5.32 Å². The highest BCUT2D eigenvalue weighted by Gasteiger charge is 2.37. The second-order valence-corrected chi connectivity index (χ2v) is 8.42. The first-order valence-electron chi connectivity index (χ1n) is 10.1. The van der Waals surface area contributed by atoms with Crippen molar-refractivity contribution in [3.63, 3.8) is 0 Å². The number of nitrogens with one attached hydrogen (secondary N) is 1. The molecule has 6 heteroatoms. The van der Waals surface area contributed by atoms with Crippen LogP contribution in [0.2, 0.25) is 0 Å². The summed E-state index contributed by atoms with van der Waals surface area (Å²) in [6.07, 6.45) is 6.42. The summed E-state index contributed by atoms with van der Waals surface area (Å²) in [4.78, 5) is 22.1. The smallest absolute Gasteiger partial charge is 0.172 e.